The fraction of sp³-hybridized carbons (Fsp3) is 0.409. The summed E-state index contributed by atoms with van der Waals surface area (Å²) >= 11 is 0. The summed E-state index contributed by atoms with van der Waals surface area (Å²) in [5.41, 5.74) is 1.92. The third kappa shape index (κ3) is 4.04. The van der Waals surface area contributed by atoms with Crippen LogP contribution in [-0.2, 0) is 0 Å². The lowest BCUT2D eigenvalue weighted by molar-refractivity contribution is 0.0746. The van der Waals surface area contributed by atoms with Crippen molar-refractivity contribution in [3.05, 3.63) is 53.9 Å². The highest BCUT2D eigenvalue weighted by molar-refractivity contribution is 5.98. The number of pyridine rings is 1. The highest BCUT2D eigenvalue weighted by Gasteiger charge is 2.25. The first kappa shape index (κ1) is 19.2. The lowest BCUT2D eigenvalue weighted by atomic mass is 10.1. The van der Waals surface area contributed by atoms with Crippen LogP contribution in [0.5, 0.6) is 5.75 Å². The molecule has 0 N–H and O–H groups in total. The van der Waals surface area contributed by atoms with Crippen LogP contribution in [0.2, 0.25) is 0 Å². The number of hydrogen-bond donors (Lipinski definition) is 0. The minimum atomic E-state index is -0.0851. The van der Waals surface area contributed by atoms with Gasteiger partial charge in [0, 0.05) is 51.0 Å². The number of ether oxygens (including phenoxy) is 1. The zero-order valence-corrected chi connectivity index (χ0v) is 16.7. The second kappa shape index (κ2) is 8.51. The summed E-state index contributed by atoms with van der Waals surface area (Å²) in [6.45, 7) is 4.24. The number of methoxy groups -OCH3 is 1. The predicted molar refractivity (Wildman–Crippen MR) is 110 cm³/mol. The van der Waals surface area contributed by atoms with Gasteiger partial charge in [0.05, 0.1) is 12.8 Å². The Kier molecular flexibility index (Phi) is 5.64. The van der Waals surface area contributed by atoms with E-state index in [0.29, 0.717) is 24.3 Å². The van der Waals surface area contributed by atoms with E-state index < -0.39 is 0 Å². The van der Waals surface area contributed by atoms with Gasteiger partial charge in [-0.3, -0.25) is 14.6 Å². The second-order valence-corrected chi connectivity index (χ2v) is 7.38. The van der Waals surface area contributed by atoms with E-state index in [2.05, 4.69) is 9.88 Å². The van der Waals surface area contributed by atoms with Crippen LogP contribution in [0.3, 0.4) is 0 Å². The average molecular weight is 394 g/mol. The van der Waals surface area contributed by atoms with Gasteiger partial charge in [-0.15, -0.1) is 0 Å². The summed E-state index contributed by atoms with van der Waals surface area (Å²) in [6, 6.07) is 11.3. The maximum absolute atomic E-state index is 13.0. The molecule has 152 valence electrons. The van der Waals surface area contributed by atoms with E-state index in [1.165, 1.54) is 0 Å². The molecule has 2 fully saturated rings. The van der Waals surface area contributed by atoms with Crippen molar-refractivity contribution in [2.24, 2.45) is 0 Å². The minimum absolute atomic E-state index is 0.0532. The molecule has 29 heavy (non-hydrogen) atoms. The molecule has 1 aromatic carbocycles. The lowest BCUT2D eigenvalue weighted by Gasteiger charge is -2.36. The van der Waals surface area contributed by atoms with E-state index >= 15 is 0 Å². The summed E-state index contributed by atoms with van der Waals surface area (Å²) in [4.78, 5) is 35.6. The van der Waals surface area contributed by atoms with E-state index in [4.69, 9.17) is 4.74 Å². The van der Waals surface area contributed by atoms with Gasteiger partial charge in [-0.25, -0.2) is 0 Å². The van der Waals surface area contributed by atoms with Crippen LogP contribution in [-0.4, -0.2) is 73.0 Å². The van der Waals surface area contributed by atoms with E-state index in [-0.39, 0.29) is 11.8 Å². The highest BCUT2D eigenvalue weighted by Crippen LogP contribution is 2.28. The summed E-state index contributed by atoms with van der Waals surface area (Å²) in [5, 5.41) is 0. The Bertz CT molecular complexity index is 887. The van der Waals surface area contributed by atoms with Crippen molar-refractivity contribution >= 4 is 17.5 Å². The Morgan fingerprint density at radius 1 is 0.897 bits per heavy atom. The van der Waals surface area contributed by atoms with Crippen LogP contribution in [0.25, 0.3) is 0 Å². The van der Waals surface area contributed by atoms with Gasteiger partial charge in [0.1, 0.15) is 11.4 Å². The monoisotopic (exact) mass is 394 g/mol. The minimum Gasteiger partial charge on any atom is -0.495 e. The van der Waals surface area contributed by atoms with Gasteiger partial charge < -0.3 is 19.4 Å². The van der Waals surface area contributed by atoms with Crippen LogP contribution in [0, 0.1) is 0 Å². The number of aromatic nitrogens is 1. The highest BCUT2D eigenvalue weighted by atomic mass is 16.5. The molecule has 1 aromatic heterocycles. The molecule has 0 atom stereocenters. The van der Waals surface area contributed by atoms with Crippen molar-refractivity contribution in [3.8, 4) is 5.75 Å². The first-order valence-electron chi connectivity index (χ1n) is 10.1. The first-order chi connectivity index (χ1) is 14.2. The number of likely N-dealkylation sites (tertiary alicyclic amines) is 1. The molecule has 3 heterocycles. The van der Waals surface area contributed by atoms with E-state index in [1.807, 2.05) is 34.1 Å². The zero-order chi connectivity index (χ0) is 20.2. The summed E-state index contributed by atoms with van der Waals surface area (Å²) in [5.74, 6) is 0.701. The Labute approximate surface area is 170 Å². The molecule has 2 saturated heterocycles. The van der Waals surface area contributed by atoms with Gasteiger partial charge in [0.15, 0.2) is 0 Å². The van der Waals surface area contributed by atoms with Crippen molar-refractivity contribution in [2.45, 2.75) is 12.8 Å². The van der Waals surface area contributed by atoms with Gasteiger partial charge in [-0.05, 0) is 37.1 Å². The third-order valence-electron chi connectivity index (χ3n) is 5.61. The molecule has 2 aliphatic rings. The van der Waals surface area contributed by atoms with Crippen molar-refractivity contribution in [1.29, 1.82) is 0 Å². The normalized spacial score (nSPS) is 16.8. The topological polar surface area (TPSA) is 66.0 Å². The Balaban J connectivity index is 1.42. The Morgan fingerprint density at radius 2 is 1.59 bits per heavy atom. The fourth-order valence-electron chi connectivity index (χ4n) is 3.99. The number of amides is 2. The number of carbonyl (C=O) groups excluding carboxylic acids is 2. The molecule has 0 aliphatic carbocycles. The standard InChI is InChI=1S/C22H26N4O3/c1-29-20-7-3-2-6-19(20)24-12-14-26(15-13-24)21(27)17-8-9-23-18(16-17)22(28)25-10-4-5-11-25/h2-3,6-9,16H,4-5,10-15H2,1H3. The first-order valence-corrected chi connectivity index (χ1v) is 10.1. The van der Waals surface area contributed by atoms with Crippen molar-refractivity contribution in [3.63, 3.8) is 0 Å². The SMILES string of the molecule is COc1ccccc1N1CCN(C(=O)c2ccnc(C(=O)N3CCCC3)c2)CC1. The molecule has 0 spiro atoms. The second-order valence-electron chi connectivity index (χ2n) is 7.38. The van der Waals surface area contributed by atoms with Crippen LogP contribution in [0.4, 0.5) is 5.69 Å². The third-order valence-corrected chi connectivity index (χ3v) is 5.61. The Morgan fingerprint density at radius 3 is 2.31 bits per heavy atom. The number of benzene rings is 1. The number of nitrogens with zero attached hydrogens (tertiary/aromatic N) is 4. The predicted octanol–water partition coefficient (Wildman–Crippen LogP) is 2.29. The smallest absolute Gasteiger partial charge is 0.272 e. The largest absolute Gasteiger partial charge is 0.495 e. The number of rotatable bonds is 4. The van der Waals surface area contributed by atoms with Gasteiger partial charge >= 0.3 is 0 Å². The molecule has 4 rings (SSSR count). The van der Waals surface area contributed by atoms with Gasteiger partial charge in [-0.1, -0.05) is 12.1 Å². The fourth-order valence-corrected chi connectivity index (χ4v) is 3.99. The van der Waals surface area contributed by atoms with Crippen LogP contribution in [0.15, 0.2) is 42.6 Å². The molecular formula is C22H26N4O3. The lowest BCUT2D eigenvalue weighted by Crippen LogP contribution is -2.49. The number of piperazine rings is 1. The molecule has 0 bridgehead atoms. The van der Waals surface area contributed by atoms with E-state index in [0.717, 1.165) is 50.5 Å². The molecule has 0 radical (unpaired) electrons. The zero-order valence-electron chi connectivity index (χ0n) is 16.7. The molecule has 7 heteroatoms. The van der Waals surface area contributed by atoms with Crippen LogP contribution >= 0.6 is 0 Å². The molecule has 0 saturated carbocycles. The molecule has 0 unspecified atom stereocenters. The van der Waals surface area contributed by atoms with E-state index in [9.17, 15) is 9.59 Å². The van der Waals surface area contributed by atoms with Crippen molar-refractivity contribution in [1.82, 2.24) is 14.8 Å². The van der Waals surface area contributed by atoms with E-state index in [1.54, 1.807) is 25.4 Å². The molecule has 2 aliphatic heterocycles. The quantitative estimate of drug-likeness (QED) is 0.796. The molecule has 2 aromatic rings. The number of hydrogen-bond acceptors (Lipinski definition) is 5. The average Bonchev–Trinajstić information content (AvgIpc) is 3.33. The molecule has 2 amide bonds. The molecular weight excluding hydrogens is 368 g/mol. The van der Waals surface area contributed by atoms with Crippen LogP contribution in [0.1, 0.15) is 33.7 Å². The van der Waals surface area contributed by atoms with Gasteiger partial charge in [-0.2, -0.15) is 0 Å². The molecule has 7 nitrogen and oxygen atoms in total. The number of para-hydroxylation sites is 2. The Hall–Kier alpha value is -3.09. The summed E-state index contributed by atoms with van der Waals surface area (Å²) in [7, 11) is 1.67. The van der Waals surface area contributed by atoms with Gasteiger partial charge in [0.25, 0.3) is 11.8 Å². The van der Waals surface area contributed by atoms with Crippen molar-refractivity contribution < 1.29 is 14.3 Å². The van der Waals surface area contributed by atoms with Crippen molar-refractivity contribution in [2.75, 3.05) is 51.3 Å². The van der Waals surface area contributed by atoms with Gasteiger partial charge in [0.2, 0.25) is 0 Å². The number of anilines is 1. The maximum Gasteiger partial charge on any atom is 0.272 e. The summed E-state index contributed by atoms with van der Waals surface area (Å²) < 4.78 is 5.45. The van der Waals surface area contributed by atoms with Crippen LogP contribution < -0.4 is 9.64 Å². The maximum atomic E-state index is 13.0. The summed E-state index contributed by atoms with van der Waals surface area (Å²) in [6.07, 6.45) is 3.61. The number of carbonyl (C=O) groups is 2.